The molecular formula is C13H16O. The second-order valence-electron chi connectivity index (χ2n) is 3.23. The third-order valence-corrected chi connectivity index (χ3v) is 2.17. The Morgan fingerprint density at radius 2 is 1.93 bits per heavy atom. The van der Waals surface area contributed by atoms with E-state index in [1.807, 2.05) is 30.3 Å². The number of aliphatic hydroxyl groups excluding tert-OH is 1. The molecule has 1 nitrogen and oxygen atoms in total. The van der Waals surface area contributed by atoms with E-state index in [9.17, 15) is 5.11 Å². The fraction of sp³-hybridized carbons (Fsp3) is 0.231. The van der Waals surface area contributed by atoms with E-state index in [1.54, 1.807) is 6.08 Å². The van der Waals surface area contributed by atoms with Crippen LogP contribution in [0.1, 0.15) is 23.7 Å². The molecule has 1 atom stereocenters. The van der Waals surface area contributed by atoms with Gasteiger partial charge < -0.3 is 5.11 Å². The Kier molecular flexibility index (Phi) is 4.14. The molecule has 1 aromatic carbocycles. The summed E-state index contributed by atoms with van der Waals surface area (Å²) in [5.41, 5.74) is 2.11. The topological polar surface area (TPSA) is 20.2 Å². The molecule has 0 spiro atoms. The molecule has 0 aliphatic heterocycles. The lowest BCUT2D eigenvalue weighted by molar-refractivity contribution is 0.180. The van der Waals surface area contributed by atoms with Crippen LogP contribution >= 0.6 is 0 Å². The van der Waals surface area contributed by atoms with Crippen molar-refractivity contribution in [1.29, 1.82) is 0 Å². The van der Waals surface area contributed by atoms with Crippen LogP contribution in [0.4, 0.5) is 0 Å². The fourth-order valence-electron chi connectivity index (χ4n) is 1.49. The lowest BCUT2D eigenvalue weighted by Gasteiger charge is -2.12. The molecule has 0 amide bonds. The molecule has 0 bridgehead atoms. The van der Waals surface area contributed by atoms with Gasteiger partial charge in [0.15, 0.2) is 0 Å². The Balaban J connectivity index is 2.92. The quantitative estimate of drug-likeness (QED) is 0.704. The van der Waals surface area contributed by atoms with E-state index >= 15 is 0 Å². The molecule has 0 saturated heterocycles. The van der Waals surface area contributed by atoms with Gasteiger partial charge in [-0.05, 0) is 24.0 Å². The van der Waals surface area contributed by atoms with Crippen molar-refractivity contribution in [2.45, 2.75) is 18.9 Å². The summed E-state index contributed by atoms with van der Waals surface area (Å²) in [5.74, 6) is 0. The maximum atomic E-state index is 9.82. The van der Waals surface area contributed by atoms with Crippen molar-refractivity contribution in [2.75, 3.05) is 0 Å². The predicted molar refractivity (Wildman–Crippen MR) is 60.1 cm³/mol. The fourth-order valence-corrected chi connectivity index (χ4v) is 1.49. The summed E-state index contributed by atoms with van der Waals surface area (Å²) in [4.78, 5) is 0. The van der Waals surface area contributed by atoms with E-state index in [0.717, 1.165) is 17.5 Å². The number of aliphatic hydroxyl groups is 1. The van der Waals surface area contributed by atoms with Crippen molar-refractivity contribution >= 4 is 0 Å². The molecule has 14 heavy (non-hydrogen) atoms. The summed E-state index contributed by atoms with van der Waals surface area (Å²) in [6, 6.07) is 7.88. The minimum Gasteiger partial charge on any atom is -0.388 e. The van der Waals surface area contributed by atoms with E-state index in [0.29, 0.717) is 6.42 Å². The van der Waals surface area contributed by atoms with Crippen LogP contribution in [0.15, 0.2) is 49.6 Å². The normalized spacial score (nSPS) is 12.1. The smallest absolute Gasteiger partial charge is 0.0827 e. The van der Waals surface area contributed by atoms with Gasteiger partial charge in [0.2, 0.25) is 0 Å². The Bertz CT molecular complexity index is 315. The first kappa shape index (κ1) is 10.7. The second kappa shape index (κ2) is 5.40. The zero-order valence-electron chi connectivity index (χ0n) is 8.32. The lowest BCUT2D eigenvalue weighted by Crippen LogP contribution is -2.00. The van der Waals surface area contributed by atoms with E-state index in [4.69, 9.17) is 0 Å². The van der Waals surface area contributed by atoms with Gasteiger partial charge in [-0.1, -0.05) is 36.4 Å². The van der Waals surface area contributed by atoms with Gasteiger partial charge in [0.05, 0.1) is 6.10 Å². The molecule has 1 heteroatoms. The highest BCUT2D eigenvalue weighted by molar-refractivity contribution is 5.30. The van der Waals surface area contributed by atoms with Gasteiger partial charge in [-0.3, -0.25) is 0 Å². The SMILES string of the molecule is C=CCc1ccccc1C(O)CC=C. The first-order valence-corrected chi connectivity index (χ1v) is 4.77. The number of rotatable bonds is 5. The highest BCUT2D eigenvalue weighted by Crippen LogP contribution is 2.21. The molecule has 0 aromatic heterocycles. The van der Waals surface area contributed by atoms with Gasteiger partial charge >= 0.3 is 0 Å². The van der Waals surface area contributed by atoms with Crippen LogP contribution in [-0.2, 0) is 6.42 Å². The minimum absolute atomic E-state index is 0.441. The third kappa shape index (κ3) is 2.57. The van der Waals surface area contributed by atoms with Crippen molar-refractivity contribution < 1.29 is 5.11 Å². The summed E-state index contributed by atoms with van der Waals surface area (Å²) in [5, 5.41) is 9.82. The van der Waals surface area contributed by atoms with Gasteiger partial charge in [0, 0.05) is 0 Å². The molecule has 1 aromatic rings. The number of benzene rings is 1. The van der Waals surface area contributed by atoms with Gasteiger partial charge in [0.25, 0.3) is 0 Å². The Morgan fingerprint density at radius 3 is 2.57 bits per heavy atom. The Hall–Kier alpha value is -1.34. The average Bonchev–Trinajstić information content (AvgIpc) is 2.19. The molecule has 1 N–H and O–H groups in total. The van der Waals surface area contributed by atoms with Crippen LogP contribution in [0.5, 0.6) is 0 Å². The maximum absolute atomic E-state index is 9.82. The maximum Gasteiger partial charge on any atom is 0.0827 e. The Labute approximate surface area is 85.4 Å². The van der Waals surface area contributed by atoms with Gasteiger partial charge in [0.1, 0.15) is 0 Å². The number of allylic oxidation sites excluding steroid dienone is 1. The Morgan fingerprint density at radius 1 is 1.21 bits per heavy atom. The number of hydrogen-bond acceptors (Lipinski definition) is 1. The highest BCUT2D eigenvalue weighted by atomic mass is 16.3. The summed E-state index contributed by atoms with van der Waals surface area (Å²) < 4.78 is 0. The summed E-state index contributed by atoms with van der Waals surface area (Å²) in [7, 11) is 0. The molecule has 74 valence electrons. The van der Waals surface area contributed by atoms with Crippen LogP contribution < -0.4 is 0 Å². The summed E-state index contributed by atoms with van der Waals surface area (Å²) in [6.07, 6.45) is 4.52. The van der Waals surface area contributed by atoms with Crippen LogP contribution in [0, 0.1) is 0 Å². The largest absolute Gasteiger partial charge is 0.388 e. The van der Waals surface area contributed by atoms with Crippen molar-refractivity contribution in [3.63, 3.8) is 0 Å². The molecule has 1 unspecified atom stereocenters. The third-order valence-electron chi connectivity index (χ3n) is 2.17. The van der Waals surface area contributed by atoms with Crippen molar-refractivity contribution in [1.82, 2.24) is 0 Å². The molecule has 0 aliphatic carbocycles. The standard InChI is InChI=1S/C13H16O/c1-3-7-11-9-5-6-10-12(11)13(14)8-4-2/h3-6,9-10,13-14H,1-2,7-8H2. The summed E-state index contributed by atoms with van der Waals surface area (Å²) >= 11 is 0. The van der Waals surface area contributed by atoms with E-state index in [2.05, 4.69) is 13.2 Å². The second-order valence-corrected chi connectivity index (χ2v) is 3.23. The van der Waals surface area contributed by atoms with Crippen molar-refractivity contribution in [2.24, 2.45) is 0 Å². The molecular weight excluding hydrogens is 172 g/mol. The highest BCUT2D eigenvalue weighted by Gasteiger charge is 2.08. The van der Waals surface area contributed by atoms with E-state index < -0.39 is 6.10 Å². The summed E-state index contributed by atoms with van der Waals surface area (Å²) in [6.45, 7) is 7.32. The van der Waals surface area contributed by atoms with Crippen LogP contribution in [-0.4, -0.2) is 5.11 Å². The molecule has 0 heterocycles. The first-order valence-electron chi connectivity index (χ1n) is 4.77. The van der Waals surface area contributed by atoms with E-state index in [1.165, 1.54) is 0 Å². The van der Waals surface area contributed by atoms with Crippen LogP contribution in [0.3, 0.4) is 0 Å². The number of hydrogen-bond donors (Lipinski definition) is 1. The van der Waals surface area contributed by atoms with Crippen LogP contribution in [0.2, 0.25) is 0 Å². The molecule has 0 aliphatic rings. The zero-order valence-corrected chi connectivity index (χ0v) is 8.32. The zero-order chi connectivity index (χ0) is 10.4. The van der Waals surface area contributed by atoms with Crippen molar-refractivity contribution in [3.05, 3.63) is 60.7 Å². The van der Waals surface area contributed by atoms with Crippen molar-refractivity contribution in [3.8, 4) is 0 Å². The van der Waals surface area contributed by atoms with Gasteiger partial charge in [-0.15, -0.1) is 13.2 Å². The molecule has 0 saturated carbocycles. The minimum atomic E-state index is -0.441. The van der Waals surface area contributed by atoms with Gasteiger partial charge in [-0.25, -0.2) is 0 Å². The molecule has 0 fully saturated rings. The first-order chi connectivity index (χ1) is 6.79. The van der Waals surface area contributed by atoms with Crippen LogP contribution in [0.25, 0.3) is 0 Å². The monoisotopic (exact) mass is 188 g/mol. The van der Waals surface area contributed by atoms with E-state index in [-0.39, 0.29) is 0 Å². The average molecular weight is 188 g/mol. The molecule has 1 rings (SSSR count). The lowest BCUT2D eigenvalue weighted by atomic mass is 9.98. The van der Waals surface area contributed by atoms with Gasteiger partial charge in [-0.2, -0.15) is 0 Å². The molecule has 0 radical (unpaired) electrons. The predicted octanol–water partition coefficient (Wildman–Crippen LogP) is 3.02.